The van der Waals surface area contributed by atoms with Crippen LogP contribution in [0, 0.1) is 5.82 Å². The van der Waals surface area contributed by atoms with Gasteiger partial charge in [-0.05, 0) is 37.0 Å². The molecule has 7 heteroatoms. The van der Waals surface area contributed by atoms with Crippen molar-refractivity contribution >= 4 is 17.5 Å². The molecule has 1 aliphatic rings. The van der Waals surface area contributed by atoms with E-state index >= 15 is 0 Å². The van der Waals surface area contributed by atoms with Gasteiger partial charge in [0.05, 0.1) is 30.0 Å². The third kappa shape index (κ3) is 3.88. The Balaban J connectivity index is 1.57. The van der Waals surface area contributed by atoms with Gasteiger partial charge in [0.15, 0.2) is 0 Å². The molecule has 1 aromatic carbocycles. The monoisotopic (exact) mass is 336 g/mol. The van der Waals surface area contributed by atoms with Crippen molar-refractivity contribution in [2.24, 2.45) is 0 Å². The molecule has 1 fully saturated rings. The number of nitrogens with zero attached hydrogens (tertiary/aromatic N) is 4. The van der Waals surface area contributed by atoms with E-state index in [1.54, 1.807) is 29.3 Å². The van der Waals surface area contributed by atoms with Gasteiger partial charge in [-0.15, -0.1) is 0 Å². The molecule has 0 spiro atoms. The van der Waals surface area contributed by atoms with E-state index < -0.39 is 5.82 Å². The lowest BCUT2D eigenvalue weighted by molar-refractivity contribution is -0.132. The predicted molar refractivity (Wildman–Crippen MR) is 84.5 cm³/mol. The maximum absolute atomic E-state index is 13.2. The first-order valence-electron chi connectivity index (χ1n) is 7.71. The zero-order valence-electron chi connectivity index (χ0n) is 12.7. The summed E-state index contributed by atoms with van der Waals surface area (Å²) in [6.07, 6.45) is 6.20. The lowest BCUT2D eigenvalue weighted by atomic mass is 10.1. The SMILES string of the molecule is O=C(CCc1ccc(F)c(Cl)c1)N1CCCC1Cn1nccn1. The van der Waals surface area contributed by atoms with Crippen LogP contribution in [0.2, 0.25) is 5.02 Å². The highest BCUT2D eigenvalue weighted by Gasteiger charge is 2.29. The molecule has 1 saturated heterocycles. The van der Waals surface area contributed by atoms with Gasteiger partial charge in [0.2, 0.25) is 5.91 Å². The Kier molecular flexibility index (Phi) is 4.91. The minimum absolute atomic E-state index is 0.0961. The summed E-state index contributed by atoms with van der Waals surface area (Å²) in [5.74, 6) is -0.326. The normalized spacial score (nSPS) is 17.7. The molecular weight excluding hydrogens is 319 g/mol. The lowest BCUT2D eigenvalue weighted by Crippen LogP contribution is -2.38. The predicted octanol–water partition coefficient (Wildman–Crippen LogP) is 2.69. The van der Waals surface area contributed by atoms with E-state index in [2.05, 4.69) is 10.2 Å². The average Bonchev–Trinajstić information content (AvgIpc) is 3.20. The van der Waals surface area contributed by atoms with Crippen LogP contribution >= 0.6 is 11.6 Å². The highest BCUT2D eigenvalue weighted by Crippen LogP contribution is 2.21. The summed E-state index contributed by atoms with van der Waals surface area (Å²) >= 11 is 5.77. The highest BCUT2D eigenvalue weighted by atomic mass is 35.5. The molecule has 3 rings (SSSR count). The van der Waals surface area contributed by atoms with Crippen LogP contribution in [0.5, 0.6) is 0 Å². The minimum atomic E-state index is -0.437. The Morgan fingerprint density at radius 3 is 2.87 bits per heavy atom. The molecule has 1 aliphatic heterocycles. The van der Waals surface area contributed by atoms with Gasteiger partial charge < -0.3 is 4.90 Å². The quantitative estimate of drug-likeness (QED) is 0.843. The summed E-state index contributed by atoms with van der Waals surface area (Å²) in [7, 11) is 0. The second kappa shape index (κ2) is 7.08. The molecule has 1 aromatic heterocycles. The van der Waals surface area contributed by atoms with Gasteiger partial charge in [0, 0.05) is 13.0 Å². The van der Waals surface area contributed by atoms with Crippen LogP contribution in [-0.4, -0.2) is 38.4 Å². The smallest absolute Gasteiger partial charge is 0.223 e. The lowest BCUT2D eigenvalue weighted by Gasteiger charge is -2.24. The van der Waals surface area contributed by atoms with Gasteiger partial charge in [0.25, 0.3) is 0 Å². The van der Waals surface area contributed by atoms with Crippen molar-refractivity contribution in [3.63, 3.8) is 0 Å². The van der Waals surface area contributed by atoms with Crippen LogP contribution in [0.3, 0.4) is 0 Å². The van der Waals surface area contributed by atoms with E-state index in [1.165, 1.54) is 6.07 Å². The van der Waals surface area contributed by atoms with Crippen LogP contribution in [0.25, 0.3) is 0 Å². The van der Waals surface area contributed by atoms with E-state index in [1.807, 2.05) is 4.90 Å². The molecule has 0 aliphatic carbocycles. The number of amides is 1. The van der Waals surface area contributed by atoms with Crippen LogP contribution in [-0.2, 0) is 17.8 Å². The summed E-state index contributed by atoms with van der Waals surface area (Å²) in [5.41, 5.74) is 0.870. The van der Waals surface area contributed by atoms with E-state index in [0.717, 1.165) is 24.9 Å². The maximum Gasteiger partial charge on any atom is 0.223 e. The molecule has 0 saturated carbocycles. The molecule has 5 nitrogen and oxygen atoms in total. The summed E-state index contributed by atoms with van der Waals surface area (Å²) < 4.78 is 13.2. The first-order chi connectivity index (χ1) is 11.1. The van der Waals surface area contributed by atoms with E-state index in [9.17, 15) is 9.18 Å². The Labute approximate surface area is 139 Å². The first-order valence-corrected chi connectivity index (χ1v) is 8.09. The molecular formula is C16H18ClFN4O. The van der Waals surface area contributed by atoms with Gasteiger partial charge in [0.1, 0.15) is 5.82 Å². The molecule has 0 N–H and O–H groups in total. The fourth-order valence-electron chi connectivity index (χ4n) is 2.97. The number of carbonyl (C=O) groups excluding carboxylic acids is 1. The van der Waals surface area contributed by atoms with Crippen molar-refractivity contribution in [3.8, 4) is 0 Å². The van der Waals surface area contributed by atoms with E-state index in [-0.39, 0.29) is 17.0 Å². The number of aryl methyl sites for hydroxylation is 1. The number of rotatable bonds is 5. The number of likely N-dealkylation sites (tertiary alicyclic amines) is 1. The number of hydrogen-bond acceptors (Lipinski definition) is 3. The molecule has 2 heterocycles. The minimum Gasteiger partial charge on any atom is -0.338 e. The molecule has 1 atom stereocenters. The Morgan fingerprint density at radius 2 is 2.13 bits per heavy atom. The Bertz CT molecular complexity index is 677. The number of carbonyl (C=O) groups is 1. The van der Waals surface area contributed by atoms with Crippen molar-refractivity contribution in [1.82, 2.24) is 19.9 Å². The third-order valence-corrected chi connectivity index (χ3v) is 4.44. The molecule has 1 unspecified atom stereocenters. The summed E-state index contributed by atoms with van der Waals surface area (Å²) in [5, 5.41) is 8.30. The van der Waals surface area contributed by atoms with Gasteiger partial charge in [-0.3, -0.25) is 4.79 Å². The molecule has 2 aromatic rings. The van der Waals surface area contributed by atoms with Gasteiger partial charge in [-0.1, -0.05) is 17.7 Å². The third-order valence-electron chi connectivity index (χ3n) is 4.15. The fourth-order valence-corrected chi connectivity index (χ4v) is 3.17. The van der Waals surface area contributed by atoms with Crippen molar-refractivity contribution in [2.75, 3.05) is 6.54 Å². The molecule has 0 radical (unpaired) electrons. The average molecular weight is 337 g/mol. The molecule has 23 heavy (non-hydrogen) atoms. The highest BCUT2D eigenvalue weighted by molar-refractivity contribution is 6.30. The standard InChI is InChI=1S/C16H18ClFN4O/c17-14-10-12(3-5-15(14)18)4-6-16(23)21-9-1-2-13(21)11-22-19-7-8-20-22/h3,5,7-8,10,13H,1-2,4,6,9,11H2. The topological polar surface area (TPSA) is 51.0 Å². The second-order valence-electron chi connectivity index (χ2n) is 5.72. The van der Waals surface area contributed by atoms with Crippen molar-refractivity contribution in [3.05, 3.63) is 47.0 Å². The van der Waals surface area contributed by atoms with Gasteiger partial charge in [-0.25, -0.2) is 4.39 Å². The largest absolute Gasteiger partial charge is 0.338 e. The van der Waals surface area contributed by atoms with Crippen molar-refractivity contribution < 1.29 is 9.18 Å². The number of halogens is 2. The van der Waals surface area contributed by atoms with Crippen molar-refractivity contribution in [1.29, 1.82) is 0 Å². The molecule has 1 amide bonds. The number of benzene rings is 1. The van der Waals surface area contributed by atoms with Crippen LogP contribution in [0.15, 0.2) is 30.6 Å². The number of aromatic nitrogens is 3. The summed E-state index contributed by atoms with van der Waals surface area (Å²) in [6.45, 7) is 1.40. The number of hydrogen-bond donors (Lipinski definition) is 0. The van der Waals surface area contributed by atoms with Gasteiger partial charge in [-0.2, -0.15) is 15.0 Å². The van der Waals surface area contributed by atoms with Crippen LogP contribution in [0.1, 0.15) is 24.8 Å². The van der Waals surface area contributed by atoms with E-state index in [0.29, 0.717) is 19.4 Å². The van der Waals surface area contributed by atoms with Crippen LogP contribution < -0.4 is 0 Å². The second-order valence-corrected chi connectivity index (χ2v) is 6.12. The zero-order chi connectivity index (χ0) is 16.2. The van der Waals surface area contributed by atoms with Gasteiger partial charge >= 0.3 is 0 Å². The maximum atomic E-state index is 13.2. The van der Waals surface area contributed by atoms with Crippen LogP contribution in [0.4, 0.5) is 4.39 Å². The van der Waals surface area contributed by atoms with E-state index in [4.69, 9.17) is 11.6 Å². The zero-order valence-corrected chi connectivity index (χ0v) is 13.4. The fraction of sp³-hybridized carbons (Fsp3) is 0.438. The van der Waals surface area contributed by atoms with Crippen molar-refractivity contribution in [2.45, 2.75) is 38.3 Å². The molecule has 122 valence electrons. The summed E-state index contributed by atoms with van der Waals surface area (Å²) in [4.78, 5) is 16.0. The first kappa shape index (κ1) is 15.9. The Morgan fingerprint density at radius 1 is 1.35 bits per heavy atom. The summed E-state index contributed by atoms with van der Waals surface area (Å²) in [6, 6.07) is 4.74. The Hall–Kier alpha value is -1.95. The molecule has 0 bridgehead atoms.